The van der Waals surface area contributed by atoms with Gasteiger partial charge in [-0.3, -0.25) is 9.36 Å². The topological polar surface area (TPSA) is 47.7 Å². The molecule has 2 heterocycles. The second-order valence-corrected chi connectivity index (χ2v) is 4.33. The van der Waals surface area contributed by atoms with Crippen LogP contribution in [0.15, 0.2) is 18.3 Å². The molecule has 2 rings (SSSR count). The van der Waals surface area contributed by atoms with Crippen LogP contribution in [-0.4, -0.2) is 26.6 Å². The Kier molecular flexibility index (Phi) is 3.28. The molecule has 0 aliphatic heterocycles. The zero-order chi connectivity index (χ0) is 12.4. The fourth-order valence-corrected chi connectivity index (χ4v) is 2.14. The van der Waals surface area contributed by atoms with Gasteiger partial charge in [0.15, 0.2) is 0 Å². The normalized spacial score (nSPS) is 12.9. The van der Waals surface area contributed by atoms with E-state index in [-0.39, 0.29) is 6.04 Å². The molecule has 5 heteroatoms. The maximum absolute atomic E-state index is 4.37. The first kappa shape index (κ1) is 11.9. The van der Waals surface area contributed by atoms with Gasteiger partial charge >= 0.3 is 0 Å². The summed E-state index contributed by atoms with van der Waals surface area (Å²) >= 11 is 0. The Morgan fingerprint density at radius 1 is 1.35 bits per heavy atom. The molecular formula is C12H19N5. The molecule has 0 saturated heterocycles. The van der Waals surface area contributed by atoms with Crippen LogP contribution in [0.5, 0.6) is 0 Å². The molecule has 1 unspecified atom stereocenters. The molecule has 17 heavy (non-hydrogen) atoms. The summed E-state index contributed by atoms with van der Waals surface area (Å²) < 4.78 is 3.85. The first-order valence-electron chi connectivity index (χ1n) is 5.76. The predicted molar refractivity (Wildman–Crippen MR) is 66.7 cm³/mol. The minimum absolute atomic E-state index is 0.261. The third-order valence-electron chi connectivity index (χ3n) is 3.08. The van der Waals surface area contributed by atoms with Crippen LogP contribution in [0.25, 0.3) is 0 Å². The van der Waals surface area contributed by atoms with E-state index in [9.17, 15) is 0 Å². The second-order valence-electron chi connectivity index (χ2n) is 4.33. The molecule has 0 bridgehead atoms. The van der Waals surface area contributed by atoms with Crippen molar-refractivity contribution >= 4 is 0 Å². The quantitative estimate of drug-likeness (QED) is 0.856. The summed E-state index contributed by atoms with van der Waals surface area (Å²) in [6, 6.07) is 4.43. The van der Waals surface area contributed by atoms with Crippen molar-refractivity contribution < 1.29 is 0 Å². The number of rotatable bonds is 4. The largest absolute Gasteiger partial charge is 0.311 e. The van der Waals surface area contributed by atoms with E-state index in [1.807, 2.05) is 49.7 Å². The Bertz CT molecular complexity index is 497. The average Bonchev–Trinajstić information content (AvgIpc) is 2.82. The molecule has 5 nitrogen and oxygen atoms in total. The van der Waals surface area contributed by atoms with Gasteiger partial charge in [0.05, 0.1) is 17.4 Å². The van der Waals surface area contributed by atoms with Crippen LogP contribution in [0.3, 0.4) is 0 Å². The lowest BCUT2D eigenvalue weighted by Gasteiger charge is -2.16. The summed E-state index contributed by atoms with van der Waals surface area (Å²) in [4.78, 5) is 0. The highest BCUT2D eigenvalue weighted by Crippen LogP contribution is 2.17. The Morgan fingerprint density at radius 3 is 2.59 bits per heavy atom. The van der Waals surface area contributed by atoms with E-state index >= 15 is 0 Å². The molecule has 2 aromatic rings. The fourth-order valence-electron chi connectivity index (χ4n) is 2.14. The van der Waals surface area contributed by atoms with Gasteiger partial charge in [0.1, 0.15) is 0 Å². The van der Waals surface area contributed by atoms with Gasteiger partial charge in [-0.1, -0.05) is 0 Å². The molecule has 0 radical (unpaired) electrons. The van der Waals surface area contributed by atoms with Gasteiger partial charge in [-0.05, 0) is 26.1 Å². The van der Waals surface area contributed by atoms with Crippen molar-refractivity contribution in [1.29, 1.82) is 0 Å². The molecule has 1 N–H and O–H groups in total. The lowest BCUT2D eigenvalue weighted by Crippen LogP contribution is -2.22. The maximum Gasteiger partial charge on any atom is 0.0596 e. The van der Waals surface area contributed by atoms with Crippen LogP contribution in [0, 0.1) is 6.92 Å². The van der Waals surface area contributed by atoms with Crippen LogP contribution in [-0.2, 0) is 20.5 Å². The number of hydrogen-bond donors (Lipinski definition) is 1. The van der Waals surface area contributed by atoms with Gasteiger partial charge in [-0.2, -0.15) is 10.2 Å². The molecule has 0 aromatic carbocycles. The van der Waals surface area contributed by atoms with Crippen LogP contribution in [0.1, 0.15) is 23.1 Å². The summed E-state index contributed by atoms with van der Waals surface area (Å²) in [6.07, 6.45) is 2.74. The Labute approximate surface area is 101 Å². The first-order chi connectivity index (χ1) is 8.11. The van der Waals surface area contributed by atoms with E-state index in [0.717, 1.165) is 12.1 Å². The van der Waals surface area contributed by atoms with Gasteiger partial charge < -0.3 is 5.32 Å². The number of nitrogens with one attached hydrogen (secondary N) is 1. The first-order valence-corrected chi connectivity index (χ1v) is 5.76. The van der Waals surface area contributed by atoms with Gasteiger partial charge in [0.2, 0.25) is 0 Å². The standard InChI is InChI=1S/C12H19N5/c1-9-7-10(16(3)15-9)8-11(13-2)12-5-6-14-17(12)4/h5-7,11,13H,8H2,1-4H3. The Balaban J connectivity index is 2.21. The summed E-state index contributed by atoms with van der Waals surface area (Å²) in [7, 11) is 5.92. The Morgan fingerprint density at radius 2 is 2.12 bits per heavy atom. The average molecular weight is 233 g/mol. The van der Waals surface area contributed by atoms with Crippen molar-refractivity contribution in [3.8, 4) is 0 Å². The van der Waals surface area contributed by atoms with Crippen molar-refractivity contribution in [3.63, 3.8) is 0 Å². The second kappa shape index (κ2) is 4.71. The predicted octanol–water partition coefficient (Wildman–Crippen LogP) is 0.965. The third kappa shape index (κ3) is 2.39. The zero-order valence-corrected chi connectivity index (χ0v) is 10.8. The lowest BCUT2D eigenvalue weighted by molar-refractivity contribution is 0.519. The van der Waals surface area contributed by atoms with Crippen LogP contribution < -0.4 is 5.32 Å². The molecule has 0 fully saturated rings. The molecule has 2 aromatic heterocycles. The number of aromatic nitrogens is 4. The van der Waals surface area contributed by atoms with E-state index < -0.39 is 0 Å². The fraction of sp³-hybridized carbons (Fsp3) is 0.500. The summed E-state index contributed by atoms with van der Waals surface area (Å²) in [6.45, 7) is 2.02. The number of nitrogens with zero attached hydrogens (tertiary/aromatic N) is 4. The highest BCUT2D eigenvalue weighted by Gasteiger charge is 2.15. The Hall–Kier alpha value is -1.62. The van der Waals surface area contributed by atoms with Crippen molar-refractivity contribution in [1.82, 2.24) is 24.9 Å². The molecule has 0 saturated carbocycles. The molecule has 92 valence electrons. The minimum Gasteiger partial charge on any atom is -0.311 e. The van der Waals surface area contributed by atoms with Crippen molar-refractivity contribution in [2.75, 3.05) is 7.05 Å². The summed E-state index contributed by atoms with van der Waals surface area (Å²) in [5, 5.41) is 11.9. The van der Waals surface area contributed by atoms with Gasteiger partial charge in [0.25, 0.3) is 0 Å². The van der Waals surface area contributed by atoms with E-state index in [4.69, 9.17) is 0 Å². The highest BCUT2D eigenvalue weighted by molar-refractivity contribution is 5.15. The number of likely N-dealkylation sites (N-methyl/N-ethyl adjacent to an activating group) is 1. The number of aryl methyl sites for hydroxylation is 3. The van der Waals surface area contributed by atoms with Crippen LogP contribution in [0.2, 0.25) is 0 Å². The van der Waals surface area contributed by atoms with Gasteiger partial charge in [-0.25, -0.2) is 0 Å². The van der Waals surface area contributed by atoms with Crippen LogP contribution in [0.4, 0.5) is 0 Å². The molecule has 1 atom stereocenters. The van der Waals surface area contributed by atoms with E-state index in [1.165, 1.54) is 11.4 Å². The van der Waals surface area contributed by atoms with Crippen molar-refractivity contribution in [3.05, 3.63) is 35.4 Å². The van der Waals surface area contributed by atoms with Gasteiger partial charge in [-0.15, -0.1) is 0 Å². The summed E-state index contributed by atoms with van der Waals surface area (Å²) in [5.74, 6) is 0. The minimum atomic E-state index is 0.261. The maximum atomic E-state index is 4.37. The molecular weight excluding hydrogens is 214 g/mol. The number of hydrogen-bond acceptors (Lipinski definition) is 3. The van der Waals surface area contributed by atoms with Crippen molar-refractivity contribution in [2.24, 2.45) is 14.1 Å². The van der Waals surface area contributed by atoms with E-state index in [1.54, 1.807) is 0 Å². The third-order valence-corrected chi connectivity index (χ3v) is 3.08. The molecule has 0 aliphatic carbocycles. The SMILES string of the molecule is CNC(Cc1cc(C)nn1C)c1ccnn1C. The monoisotopic (exact) mass is 233 g/mol. The van der Waals surface area contributed by atoms with E-state index in [2.05, 4.69) is 21.6 Å². The van der Waals surface area contributed by atoms with Gasteiger partial charge in [0, 0.05) is 32.4 Å². The molecule has 0 amide bonds. The zero-order valence-electron chi connectivity index (χ0n) is 10.8. The molecule has 0 spiro atoms. The van der Waals surface area contributed by atoms with E-state index in [0.29, 0.717) is 0 Å². The lowest BCUT2D eigenvalue weighted by atomic mass is 10.1. The molecule has 0 aliphatic rings. The summed E-state index contributed by atoms with van der Waals surface area (Å²) in [5.41, 5.74) is 3.47. The van der Waals surface area contributed by atoms with Crippen molar-refractivity contribution in [2.45, 2.75) is 19.4 Å². The smallest absolute Gasteiger partial charge is 0.0596 e. The van der Waals surface area contributed by atoms with Crippen LogP contribution >= 0.6 is 0 Å². The highest BCUT2D eigenvalue weighted by atomic mass is 15.3.